The van der Waals surface area contributed by atoms with Gasteiger partial charge in [-0.2, -0.15) is 5.26 Å². The molecule has 0 radical (unpaired) electrons. The third-order valence-corrected chi connectivity index (χ3v) is 5.56. The summed E-state index contributed by atoms with van der Waals surface area (Å²) in [5.74, 6) is -0.500. The number of carbonyl (C=O) groups is 1. The Hall–Kier alpha value is -3.19. The van der Waals surface area contributed by atoms with E-state index in [2.05, 4.69) is 21.5 Å². The SMILES string of the molecule is CC1CN(c2c(CO)nc3c(C(=O)NCc4cccc(C#N)c4)noc3c2Cl)CC(C)O1. The summed E-state index contributed by atoms with van der Waals surface area (Å²) in [7, 11) is 0. The standard InChI is InChI=1S/C22H22ClN5O4/c1-12-9-28(10-13(2)31-12)20-16(11-29)26-18-19(27-32-21(18)17(20)23)22(30)25-8-15-5-3-4-14(6-15)7-24/h3-6,12-13,29H,8-11H2,1-2H3,(H,25,30). The fourth-order valence-electron chi connectivity index (χ4n) is 3.91. The first-order chi connectivity index (χ1) is 15.4. The molecule has 1 aliphatic rings. The second kappa shape index (κ2) is 9.12. The molecule has 0 bridgehead atoms. The number of aromatic nitrogens is 2. The summed E-state index contributed by atoms with van der Waals surface area (Å²) in [5.41, 5.74) is 2.50. The van der Waals surface area contributed by atoms with Crippen molar-refractivity contribution in [3.8, 4) is 6.07 Å². The molecule has 0 spiro atoms. The number of carbonyl (C=O) groups excluding carboxylic acids is 1. The zero-order valence-corrected chi connectivity index (χ0v) is 18.4. The van der Waals surface area contributed by atoms with E-state index in [9.17, 15) is 9.90 Å². The monoisotopic (exact) mass is 455 g/mol. The van der Waals surface area contributed by atoms with Gasteiger partial charge in [-0.25, -0.2) is 4.98 Å². The van der Waals surface area contributed by atoms with Crippen molar-refractivity contribution in [3.05, 3.63) is 51.8 Å². The predicted octanol–water partition coefficient (Wildman–Crippen LogP) is 2.78. The van der Waals surface area contributed by atoms with Crippen LogP contribution in [0.15, 0.2) is 28.8 Å². The van der Waals surface area contributed by atoms with Gasteiger partial charge in [-0.15, -0.1) is 0 Å². The lowest BCUT2D eigenvalue weighted by Gasteiger charge is -2.37. The summed E-state index contributed by atoms with van der Waals surface area (Å²) < 4.78 is 11.2. The van der Waals surface area contributed by atoms with E-state index in [-0.39, 0.29) is 47.2 Å². The van der Waals surface area contributed by atoms with Crippen LogP contribution in [0.4, 0.5) is 5.69 Å². The zero-order chi connectivity index (χ0) is 22.8. The van der Waals surface area contributed by atoms with Crippen LogP contribution in [0, 0.1) is 11.3 Å². The van der Waals surface area contributed by atoms with Crippen molar-refractivity contribution in [3.63, 3.8) is 0 Å². The summed E-state index contributed by atoms with van der Waals surface area (Å²) >= 11 is 6.65. The number of morpholine rings is 1. The maximum Gasteiger partial charge on any atom is 0.276 e. The smallest absolute Gasteiger partial charge is 0.276 e. The van der Waals surface area contributed by atoms with E-state index in [4.69, 9.17) is 26.1 Å². The maximum atomic E-state index is 12.8. The number of pyridine rings is 1. The Kier molecular flexibility index (Phi) is 6.28. The molecule has 9 nitrogen and oxygen atoms in total. The molecule has 0 saturated carbocycles. The molecular weight excluding hydrogens is 434 g/mol. The molecule has 1 saturated heterocycles. The first-order valence-electron chi connectivity index (χ1n) is 10.2. The Morgan fingerprint density at radius 2 is 2.12 bits per heavy atom. The lowest BCUT2D eigenvalue weighted by molar-refractivity contribution is -0.00533. The number of halogens is 1. The van der Waals surface area contributed by atoms with Gasteiger partial charge in [0.15, 0.2) is 5.69 Å². The lowest BCUT2D eigenvalue weighted by atomic mass is 10.1. The van der Waals surface area contributed by atoms with Gasteiger partial charge in [-0.3, -0.25) is 4.79 Å². The first kappa shape index (κ1) is 22.0. The fraction of sp³-hybridized carbons (Fsp3) is 0.364. The van der Waals surface area contributed by atoms with E-state index in [0.717, 1.165) is 5.56 Å². The highest BCUT2D eigenvalue weighted by atomic mass is 35.5. The van der Waals surface area contributed by atoms with Crippen molar-refractivity contribution in [2.24, 2.45) is 0 Å². The number of nitriles is 1. The van der Waals surface area contributed by atoms with Gasteiger partial charge in [0.1, 0.15) is 10.5 Å². The number of aliphatic hydroxyl groups is 1. The number of benzene rings is 1. The Labute approximate surface area is 189 Å². The van der Waals surface area contributed by atoms with Crippen molar-refractivity contribution >= 4 is 34.3 Å². The molecule has 10 heteroatoms. The highest BCUT2D eigenvalue weighted by Crippen LogP contribution is 2.37. The normalized spacial score (nSPS) is 18.5. The summed E-state index contributed by atoms with van der Waals surface area (Å²) in [6.45, 7) is 4.92. The van der Waals surface area contributed by atoms with Crippen LogP contribution in [0.3, 0.4) is 0 Å². The Balaban J connectivity index is 1.63. The van der Waals surface area contributed by atoms with Crippen molar-refractivity contribution in [2.75, 3.05) is 18.0 Å². The molecule has 2 unspecified atom stereocenters. The fourth-order valence-corrected chi connectivity index (χ4v) is 4.27. The van der Waals surface area contributed by atoms with Crippen LogP contribution < -0.4 is 10.2 Å². The van der Waals surface area contributed by atoms with E-state index in [1.54, 1.807) is 24.3 Å². The lowest BCUT2D eigenvalue weighted by Crippen LogP contribution is -2.46. The molecule has 2 N–H and O–H groups in total. The molecule has 2 atom stereocenters. The highest BCUT2D eigenvalue weighted by Gasteiger charge is 2.30. The zero-order valence-electron chi connectivity index (χ0n) is 17.6. The van der Waals surface area contributed by atoms with Gasteiger partial charge in [0, 0.05) is 19.6 Å². The molecule has 1 amide bonds. The number of aliphatic hydroxyl groups excluding tert-OH is 1. The minimum atomic E-state index is -0.500. The summed E-state index contributed by atoms with van der Waals surface area (Å²) in [5, 5.41) is 25.9. The second-order valence-electron chi connectivity index (χ2n) is 7.75. The minimum absolute atomic E-state index is 0.0207. The van der Waals surface area contributed by atoms with Crippen molar-refractivity contribution < 1.29 is 19.2 Å². The maximum absolute atomic E-state index is 12.8. The van der Waals surface area contributed by atoms with Crippen LogP contribution in [-0.2, 0) is 17.9 Å². The van der Waals surface area contributed by atoms with Gasteiger partial charge >= 0.3 is 0 Å². The number of amides is 1. The third-order valence-electron chi connectivity index (χ3n) is 5.20. The molecule has 3 aromatic rings. The number of hydrogen-bond acceptors (Lipinski definition) is 8. The van der Waals surface area contributed by atoms with E-state index < -0.39 is 5.91 Å². The largest absolute Gasteiger partial charge is 0.390 e. The summed E-state index contributed by atoms with van der Waals surface area (Å²) in [6, 6.07) is 8.99. The van der Waals surface area contributed by atoms with Gasteiger partial charge in [0.25, 0.3) is 5.91 Å². The topological polar surface area (TPSA) is 125 Å². The van der Waals surface area contributed by atoms with Crippen molar-refractivity contribution in [1.82, 2.24) is 15.5 Å². The van der Waals surface area contributed by atoms with Gasteiger partial charge in [0.05, 0.1) is 41.8 Å². The average Bonchev–Trinajstić information content (AvgIpc) is 3.21. The second-order valence-corrected chi connectivity index (χ2v) is 8.12. The minimum Gasteiger partial charge on any atom is -0.390 e. The molecule has 1 aliphatic heterocycles. The van der Waals surface area contributed by atoms with Gasteiger partial charge in [0.2, 0.25) is 5.58 Å². The molecule has 0 aliphatic carbocycles. The van der Waals surface area contributed by atoms with Gasteiger partial charge in [-0.05, 0) is 31.5 Å². The number of hydrogen-bond donors (Lipinski definition) is 2. The molecule has 2 aromatic heterocycles. The molecule has 3 heterocycles. The highest BCUT2D eigenvalue weighted by molar-refractivity contribution is 6.37. The average molecular weight is 456 g/mol. The Morgan fingerprint density at radius 3 is 2.81 bits per heavy atom. The van der Waals surface area contributed by atoms with Gasteiger partial charge in [-0.1, -0.05) is 28.9 Å². The van der Waals surface area contributed by atoms with E-state index in [1.807, 2.05) is 18.7 Å². The molecular formula is C22H22ClN5O4. The van der Waals surface area contributed by atoms with Crippen molar-refractivity contribution in [2.45, 2.75) is 39.2 Å². The van der Waals surface area contributed by atoms with Crippen LogP contribution in [0.5, 0.6) is 0 Å². The van der Waals surface area contributed by atoms with Crippen LogP contribution in [0.1, 0.15) is 41.2 Å². The number of fused-ring (bicyclic) bond motifs is 1. The Morgan fingerprint density at radius 1 is 1.38 bits per heavy atom. The number of nitrogens with one attached hydrogen (secondary N) is 1. The van der Waals surface area contributed by atoms with Crippen LogP contribution in [-0.4, -0.2) is 46.5 Å². The molecule has 1 aromatic carbocycles. The van der Waals surface area contributed by atoms with Crippen molar-refractivity contribution in [1.29, 1.82) is 5.26 Å². The molecule has 1 fully saturated rings. The molecule has 32 heavy (non-hydrogen) atoms. The number of rotatable bonds is 5. The van der Waals surface area contributed by atoms with E-state index in [0.29, 0.717) is 30.0 Å². The summed E-state index contributed by atoms with van der Waals surface area (Å²) in [6.07, 6.45) is -0.0414. The number of anilines is 1. The van der Waals surface area contributed by atoms with Crippen LogP contribution >= 0.6 is 11.6 Å². The van der Waals surface area contributed by atoms with Crippen LogP contribution in [0.25, 0.3) is 11.1 Å². The number of ether oxygens (including phenoxy) is 1. The summed E-state index contributed by atoms with van der Waals surface area (Å²) in [4.78, 5) is 19.2. The predicted molar refractivity (Wildman–Crippen MR) is 117 cm³/mol. The van der Waals surface area contributed by atoms with Gasteiger partial charge < -0.3 is 24.6 Å². The van der Waals surface area contributed by atoms with Crippen LogP contribution in [0.2, 0.25) is 5.02 Å². The first-order valence-corrected chi connectivity index (χ1v) is 10.5. The molecule has 4 rings (SSSR count). The molecule has 166 valence electrons. The number of nitrogens with zero attached hydrogens (tertiary/aromatic N) is 4. The Bertz CT molecular complexity index is 1190. The van der Waals surface area contributed by atoms with E-state index in [1.165, 1.54) is 0 Å². The van der Waals surface area contributed by atoms with E-state index >= 15 is 0 Å². The quantitative estimate of drug-likeness (QED) is 0.601. The third kappa shape index (κ3) is 4.25.